The van der Waals surface area contributed by atoms with Crippen LogP contribution in [-0.4, -0.2) is 23.5 Å². The highest BCUT2D eigenvalue weighted by atomic mass is 127. The molecule has 0 heterocycles. The van der Waals surface area contributed by atoms with E-state index in [9.17, 15) is 0 Å². The van der Waals surface area contributed by atoms with Gasteiger partial charge in [-0.15, -0.1) is 0 Å². The van der Waals surface area contributed by atoms with Gasteiger partial charge in [0, 0.05) is 19.0 Å². The molecule has 0 aliphatic heterocycles. The average molecular weight is 224 g/mol. The lowest BCUT2D eigenvalue weighted by Gasteiger charge is -1.74. The molecule has 0 radical (unpaired) electrons. The van der Waals surface area contributed by atoms with E-state index in [0.717, 1.165) is 11.1 Å². The summed E-state index contributed by atoms with van der Waals surface area (Å²) in [5.74, 6) is 0. The summed E-state index contributed by atoms with van der Waals surface area (Å²) in [5.41, 5.74) is 0. The monoisotopic (exact) mass is 224 g/mol. The smallest absolute Gasteiger partial charge is 0.0905 e. The second-order valence-corrected chi connectivity index (χ2v) is 1.78. The molecule has 2 nitrogen and oxygen atoms in total. The molecule has 0 aromatic carbocycles. The number of hydrogen-bond acceptors (Lipinski definition) is 2. The summed E-state index contributed by atoms with van der Waals surface area (Å²) in [6.45, 7) is 2.83. The molecule has 0 fully saturated rings. The van der Waals surface area contributed by atoms with Crippen molar-refractivity contribution in [2.75, 3.05) is 11.1 Å². The highest BCUT2D eigenvalue weighted by molar-refractivity contribution is 14.1. The number of nitrogens with zero attached hydrogens (tertiary/aromatic N) is 2. The van der Waals surface area contributed by atoms with Gasteiger partial charge in [-0.2, -0.15) is 0 Å². The van der Waals surface area contributed by atoms with Gasteiger partial charge in [0.05, 0.1) is 4.55 Å². The summed E-state index contributed by atoms with van der Waals surface area (Å²) in [6, 6.07) is 0. The van der Waals surface area contributed by atoms with Gasteiger partial charge in [0.25, 0.3) is 0 Å². The highest BCUT2D eigenvalue weighted by Crippen LogP contribution is 1.77. The van der Waals surface area contributed by atoms with E-state index in [1.807, 2.05) is 6.92 Å². The SMILES string of the molecule is CC/N=C\C=N/CI. The first-order valence-electron chi connectivity index (χ1n) is 2.46. The van der Waals surface area contributed by atoms with Gasteiger partial charge in [0.2, 0.25) is 0 Å². The Morgan fingerprint density at radius 2 is 2.00 bits per heavy atom. The van der Waals surface area contributed by atoms with Crippen LogP contribution in [0.4, 0.5) is 0 Å². The second-order valence-electron chi connectivity index (χ2n) is 1.10. The van der Waals surface area contributed by atoms with Gasteiger partial charge in [-0.1, -0.05) is 22.6 Å². The van der Waals surface area contributed by atoms with Crippen molar-refractivity contribution in [3.63, 3.8) is 0 Å². The molecule has 0 aromatic rings. The molecule has 0 bridgehead atoms. The summed E-state index contributed by atoms with van der Waals surface area (Å²) in [4.78, 5) is 7.85. The van der Waals surface area contributed by atoms with Crippen LogP contribution >= 0.6 is 22.6 Å². The Balaban J connectivity index is 3.13. The maximum Gasteiger partial charge on any atom is 0.0905 e. The highest BCUT2D eigenvalue weighted by Gasteiger charge is 1.62. The van der Waals surface area contributed by atoms with Crippen LogP contribution in [0.15, 0.2) is 9.98 Å². The molecule has 0 saturated heterocycles. The minimum absolute atomic E-state index is 0.813. The van der Waals surface area contributed by atoms with Crippen molar-refractivity contribution in [3.05, 3.63) is 0 Å². The largest absolute Gasteiger partial charge is 0.292 e. The van der Waals surface area contributed by atoms with E-state index in [0.29, 0.717) is 0 Å². The zero-order valence-corrected chi connectivity index (χ0v) is 7.00. The van der Waals surface area contributed by atoms with Crippen molar-refractivity contribution in [2.24, 2.45) is 9.98 Å². The van der Waals surface area contributed by atoms with Crippen molar-refractivity contribution in [1.82, 2.24) is 0 Å². The van der Waals surface area contributed by atoms with Crippen LogP contribution in [0.2, 0.25) is 0 Å². The van der Waals surface area contributed by atoms with E-state index in [1.54, 1.807) is 12.4 Å². The summed E-state index contributed by atoms with van der Waals surface area (Å²) < 4.78 is 0.813. The minimum atomic E-state index is 0.813. The van der Waals surface area contributed by atoms with Gasteiger partial charge in [0.15, 0.2) is 0 Å². The number of halogens is 1. The van der Waals surface area contributed by atoms with Gasteiger partial charge >= 0.3 is 0 Å². The third-order valence-electron chi connectivity index (χ3n) is 0.529. The van der Waals surface area contributed by atoms with E-state index in [1.165, 1.54) is 0 Å². The van der Waals surface area contributed by atoms with Crippen molar-refractivity contribution >= 4 is 35.0 Å². The van der Waals surface area contributed by atoms with Crippen molar-refractivity contribution in [1.29, 1.82) is 0 Å². The van der Waals surface area contributed by atoms with E-state index in [-0.39, 0.29) is 0 Å². The Bertz CT molecular complexity index is 76.4. The molecule has 8 heavy (non-hydrogen) atoms. The van der Waals surface area contributed by atoms with Gasteiger partial charge in [-0.25, -0.2) is 0 Å². The lowest BCUT2D eigenvalue weighted by molar-refractivity contribution is 1.14. The third-order valence-corrected chi connectivity index (χ3v) is 0.923. The maximum absolute atomic E-state index is 3.93. The minimum Gasteiger partial charge on any atom is -0.292 e. The van der Waals surface area contributed by atoms with E-state index < -0.39 is 0 Å². The van der Waals surface area contributed by atoms with E-state index in [2.05, 4.69) is 32.6 Å². The summed E-state index contributed by atoms with van der Waals surface area (Å²) in [6.07, 6.45) is 3.44. The fraction of sp³-hybridized carbons (Fsp3) is 0.600. The van der Waals surface area contributed by atoms with Crippen LogP contribution in [0, 0.1) is 0 Å². The van der Waals surface area contributed by atoms with Crippen molar-refractivity contribution < 1.29 is 0 Å². The molecule has 0 aromatic heterocycles. The fourth-order valence-corrected chi connectivity index (χ4v) is 0.467. The number of aliphatic imine (C=N–C) groups is 2. The van der Waals surface area contributed by atoms with Gasteiger partial charge in [-0.05, 0) is 6.92 Å². The molecule has 0 atom stereocenters. The van der Waals surface area contributed by atoms with Crippen LogP contribution in [-0.2, 0) is 0 Å². The summed E-state index contributed by atoms with van der Waals surface area (Å²) >= 11 is 2.18. The van der Waals surface area contributed by atoms with Crippen LogP contribution < -0.4 is 0 Å². The molecular formula is C5H9IN2. The Hall–Kier alpha value is 0.0700. The first-order chi connectivity index (χ1) is 3.91. The van der Waals surface area contributed by atoms with Gasteiger partial charge in [-0.3, -0.25) is 9.98 Å². The van der Waals surface area contributed by atoms with E-state index in [4.69, 9.17) is 0 Å². The number of alkyl halides is 1. The first-order valence-corrected chi connectivity index (χ1v) is 3.98. The maximum atomic E-state index is 3.93. The second kappa shape index (κ2) is 7.07. The molecule has 0 saturated carbocycles. The molecule has 0 amide bonds. The zero-order chi connectivity index (χ0) is 6.24. The summed E-state index contributed by atoms with van der Waals surface area (Å²) in [5, 5.41) is 0. The standard InChI is InChI=1S/C5H9IN2/c1-2-7-3-4-8-5-6/h3-4H,2,5H2,1H3/b7-3-,8-4-. The zero-order valence-electron chi connectivity index (χ0n) is 4.84. The molecule has 0 aliphatic rings. The lowest BCUT2D eigenvalue weighted by atomic mass is 10.7. The Morgan fingerprint density at radius 3 is 2.50 bits per heavy atom. The average Bonchev–Trinajstić information content (AvgIpc) is 1.81. The van der Waals surface area contributed by atoms with Crippen LogP contribution in [0.1, 0.15) is 6.92 Å². The molecule has 0 N–H and O–H groups in total. The number of hydrogen-bond donors (Lipinski definition) is 0. The van der Waals surface area contributed by atoms with Crippen LogP contribution in [0.5, 0.6) is 0 Å². The normalized spacial score (nSPS) is 11.8. The molecule has 3 heteroatoms. The predicted octanol–water partition coefficient (Wildman–Crippen LogP) is 1.54. The molecule has 0 spiro atoms. The number of rotatable bonds is 3. The summed E-state index contributed by atoms with van der Waals surface area (Å²) in [7, 11) is 0. The Kier molecular flexibility index (Phi) is 7.13. The Labute approximate surface area is 63.3 Å². The molecule has 0 unspecified atom stereocenters. The molecular weight excluding hydrogens is 215 g/mol. The quantitative estimate of drug-likeness (QED) is 0.300. The van der Waals surface area contributed by atoms with Gasteiger partial charge in [0.1, 0.15) is 0 Å². The first kappa shape index (κ1) is 8.07. The van der Waals surface area contributed by atoms with Gasteiger partial charge < -0.3 is 0 Å². The van der Waals surface area contributed by atoms with Crippen molar-refractivity contribution in [3.8, 4) is 0 Å². The fourth-order valence-electron chi connectivity index (χ4n) is 0.240. The molecule has 46 valence electrons. The van der Waals surface area contributed by atoms with Crippen LogP contribution in [0.25, 0.3) is 0 Å². The molecule has 0 aliphatic carbocycles. The third kappa shape index (κ3) is 6.07. The predicted molar refractivity (Wildman–Crippen MR) is 46.4 cm³/mol. The molecule has 0 rings (SSSR count). The lowest BCUT2D eigenvalue weighted by Crippen LogP contribution is -1.76. The van der Waals surface area contributed by atoms with Crippen LogP contribution in [0.3, 0.4) is 0 Å². The topological polar surface area (TPSA) is 24.7 Å². The Morgan fingerprint density at radius 1 is 1.38 bits per heavy atom. The van der Waals surface area contributed by atoms with E-state index >= 15 is 0 Å². The van der Waals surface area contributed by atoms with Crippen molar-refractivity contribution in [2.45, 2.75) is 6.92 Å².